The van der Waals surface area contributed by atoms with E-state index in [2.05, 4.69) is 31.1 Å². The lowest BCUT2D eigenvalue weighted by atomic mass is 10.1. The van der Waals surface area contributed by atoms with Crippen molar-refractivity contribution < 1.29 is 8.95 Å². The molecule has 1 fully saturated rings. The van der Waals surface area contributed by atoms with Gasteiger partial charge in [-0.05, 0) is 19.1 Å². The lowest BCUT2D eigenvalue weighted by Crippen LogP contribution is -2.44. The summed E-state index contributed by atoms with van der Waals surface area (Å²) in [5.74, 6) is 1.63. The van der Waals surface area contributed by atoms with Crippen LogP contribution in [-0.4, -0.2) is 49.9 Å². The summed E-state index contributed by atoms with van der Waals surface area (Å²) in [6.07, 6.45) is 3.54. The van der Waals surface area contributed by atoms with Crippen molar-refractivity contribution in [1.29, 1.82) is 0 Å². The predicted octanol–water partition coefficient (Wildman–Crippen LogP) is 2.27. The summed E-state index contributed by atoms with van der Waals surface area (Å²) in [4.78, 5) is 18.7. The monoisotopic (exact) mass is 356 g/mol. The second-order valence-electron chi connectivity index (χ2n) is 5.79. The van der Waals surface area contributed by atoms with E-state index in [0.717, 1.165) is 29.0 Å². The number of morpholine rings is 1. The van der Waals surface area contributed by atoms with Crippen LogP contribution < -0.4 is 4.90 Å². The zero-order chi connectivity index (χ0) is 17.2. The van der Waals surface area contributed by atoms with Crippen molar-refractivity contribution >= 4 is 34.1 Å². The molecule has 9 heteroatoms. The topological polar surface area (TPSA) is 96.4 Å². The minimum atomic E-state index is 0.143. The van der Waals surface area contributed by atoms with Crippen molar-refractivity contribution in [3.63, 3.8) is 0 Å². The summed E-state index contributed by atoms with van der Waals surface area (Å²) >= 11 is 0.143. The zero-order valence-electron chi connectivity index (χ0n) is 13.5. The number of hydrogen-bond acceptors (Lipinski definition) is 7. The number of aromatic nitrogens is 4. The summed E-state index contributed by atoms with van der Waals surface area (Å²) in [7, 11) is 0. The molecule has 0 spiro atoms. The first kappa shape index (κ1) is 15.9. The molecule has 3 aromatic rings. The SMILES string of the molecule is C[C@@H]1COCCN1c1cc(N=S=O)nc(-c2ccnc3[nH]ccc23)n1. The van der Waals surface area contributed by atoms with Crippen molar-refractivity contribution in [1.82, 2.24) is 19.9 Å². The maximum Gasteiger partial charge on any atom is 0.206 e. The standard InChI is InChI=1S/C16H16N6O2S/c1-10-9-24-7-6-22(10)14-8-13(21-25-23)19-16(20-14)12-3-5-18-15-11(12)2-4-17-15/h2-5,8,10H,6-7,9H2,1H3,(H,17,18)/t10-/m1/s1. The predicted molar refractivity (Wildman–Crippen MR) is 95.0 cm³/mol. The molecule has 25 heavy (non-hydrogen) atoms. The number of H-pyrrole nitrogens is 1. The third-order valence-electron chi connectivity index (χ3n) is 4.19. The number of hydrogen-bond donors (Lipinski definition) is 1. The first-order valence-electron chi connectivity index (χ1n) is 7.92. The maximum absolute atomic E-state index is 10.9. The van der Waals surface area contributed by atoms with Crippen molar-refractivity contribution in [3.05, 3.63) is 30.6 Å². The Hall–Kier alpha value is -2.65. The molecule has 0 bridgehead atoms. The second kappa shape index (κ2) is 6.69. The molecule has 3 aromatic heterocycles. The van der Waals surface area contributed by atoms with E-state index >= 15 is 0 Å². The van der Waals surface area contributed by atoms with Crippen LogP contribution in [0.25, 0.3) is 22.4 Å². The first-order chi connectivity index (χ1) is 12.3. The number of nitrogens with zero attached hydrogens (tertiary/aromatic N) is 5. The van der Waals surface area contributed by atoms with Gasteiger partial charge in [0.1, 0.15) is 11.5 Å². The molecular weight excluding hydrogens is 340 g/mol. The van der Waals surface area contributed by atoms with Crippen LogP contribution in [0.4, 0.5) is 11.6 Å². The van der Waals surface area contributed by atoms with Gasteiger partial charge in [-0.1, -0.05) is 0 Å². The van der Waals surface area contributed by atoms with Crippen molar-refractivity contribution in [2.24, 2.45) is 4.36 Å². The molecule has 0 saturated carbocycles. The first-order valence-corrected chi connectivity index (χ1v) is 8.62. The lowest BCUT2D eigenvalue weighted by molar-refractivity contribution is 0.0985. The van der Waals surface area contributed by atoms with E-state index in [9.17, 15) is 4.21 Å². The number of fused-ring (bicyclic) bond motifs is 1. The maximum atomic E-state index is 10.9. The average molecular weight is 356 g/mol. The highest BCUT2D eigenvalue weighted by atomic mass is 32.1. The van der Waals surface area contributed by atoms with Crippen molar-refractivity contribution in [2.45, 2.75) is 13.0 Å². The van der Waals surface area contributed by atoms with Crippen LogP contribution in [0.5, 0.6) is 0 Å². The van der Waals surface area contributed by atoms with Gasteiger partial charge in [-0.25, -0.2) is 15.0 Å². The molecule has 8 nitrogen and oxygen atoms in total. The van der Waals surface area contributed by atoms with Crippen molar-refractivity contribution in [2.75, 3.05) is 24.7 Å². The van der Waals surface area contributed by atoms with Gasteiger partial charge in [0.05, 0.1) is 19.3 Å². The van der Waals surface area contributed by atoms with E-state index in [1.807, 2.05) is 18.3 Å². The third kappa shape index (κ3) is 3.03. The van der Waals surface area contributed by atoms with Gasteiger partial charge in [-0.2, -0.15) is 4.21 Å². The van der Waals surface area contributed by atoms with Gasteiger partial charge in [0, 0.05) is 36.0 Å². The van der Waals surface area contributed by atoms with Gasteiger partial charge < -0.3 is 14.6 Å². The zero-order valence-corrected chi connectivity index (χ0v) is 14.4. The van der Waals surface area contributed by atoms with Gasteiger partial charge in [0.2, 0.25) is 11.5 Å². The van der Waals surface area contributed by atoms with Crippen LogP contribution in [0.1, 0.15) is 6.92 Å². The molecule has 1 saturated heterocycles. The van der Waals surface area contributed by atoms with E-state index in [0.29, 0.717) is 24.9 Å². The second-order valence-corrected chi connectivity index (χ2v) is 6.12. The number of rotatable bonds is 3. The van der Waals surface area contributed by atoms with E-state index in [4.69, 9.17) is 9.72 Å². The van der Waals surface area contributed by atoms with Crippen LogP contribution in [0, 0.1) is 0 Å². The highest BCUT2D eigenvalue weighted by molar-refractivity contribution is 7.54. The summed E-state index contributed by atoms with van der Waals surface area (Å²) < 4.78 is 20.3. The number of nitrogens with one attached hydrogen (secondary N) is 1. The van der Waals surface area contributed by atoms with E-state index in [1.54, 1.807) is 12.3 Å². The van der Waals surface area contributed by atoms with Crippen LogP contribution in [0.2, 0.25) is 0 Å². The molecule has 1 atom stereocenters. The van der Waals surface area contributed by atoms with Gasteiger partial charge in [0.25, 0.3) is 0 Å². The molecule has 0 unspecified atom stereocenters. The smallest absolute Gasteiger partial charge is 0.206 e. The molecule has 1 aliphatic heterocycles. The Morgan fingerprint density at radius 2 is 2.32 bits per heavy atom. The quantitative estimate of drug-likeness (QED) is 0.773. The molecule has 1 N–H and O–H groups in total. The largest absolute Gasteiger partial charge is 0.377 e. The Balaban J connectivity index is 1.87. The number of ether oxygens (including phenoxy) is 1. The molecule has 0 radical (unpaired) electrons. The highest BCUT2D eigenvalue weighted by Gasteiger charge is 2.22. The summed E-state index contributed by atoms with van der Waals surface area (Å²) in [6, 6.07) is 5.73. The molecule has 4 heterocycles. The Labute approximate surface area is 147 Å². The van der Waals surface area contributed by atoms with Gasteiger partial charge in [-0.15, -0.1) is 4.36 Å². The Morgan fingerprint density at radius 3 is 3.16 bits per heavy atom. The average Bonchev–Trinajstić information content (AvgIpc) is 3.11. The number of aromatic amines is 1. The minimum Gasteiger partial charge on any atom is -0.377 e. The van der Waals surface area contributed by atoms with Crippen LogP contribution in [0.15, 0.2) is 35.0 Å². The molecule has 0 aliphatic carbocycles. The molecule has 4 rings (SSSR count). The fourth-order valence-corrected chi connectivity index (χ4v) is 3.17. The van der Waals surface area contributed by atoms with Crippen LogP contribution in [0.3, 0.4) is 0 Å². The minimum absolute atomic E-state index is 0.143. The fourth-order valence-electron chi connectivity index (χ4n) is 3.00. The molecule has 0 aromatic carbocycles. The molecule has 1 aliphatic rings. The Morgan fingerprint density at radius 1 is 1.40 bits per heavy atom. The Bertz CT molecular complexity index is 968. The van der Waals surface area contributed by atoms with Gasteiger partial charge >= 0.3 is 0 Å². The summed E-state index contributed by atoms with van der Waals surface area (Å²) in [5, 5.41) is 0.926. The Kier molecular flexibility index (Phi) is 4.24. The van der Waals surface area contributed by atoms with Gasteiger partial charge in [-0.3, -0.25) is 0 Å². The normalized spacial score (nSPS) is 17.6. The van der Waals surface area contributed by atoms with E-state index in [1.165, 1.54) is 0 Å². The molecule has 128 valence electrons. The van der Waals surface area contributed by atoms with Crippen LogP contribution >= 0.6 is 0 Å². The van der Waals surface area contributed by atoms with E-state index in [-0.39, 0.29) is 17.5 Å². The fraction of sp³-hybridized carbons (Fsp3) is 0.312. The third-order valence-corrected chi connectivity index (χ3v) is 4.45. The summed E-state index contributed by atoms with van der Waals surface area (Å²) in [5.41, 5.74) is 1.62. The van der Waals surface area contributed by atoms with Crippen molar-refractivity contribution in [3.8, 4) is 11.4 Å². The highest BCUT2D eigenvalue weighted by Crippen LogP contribution is 2.29. The van der Waals surface area contributed by atoms with Crippen LogP contribution in [-0.2, 0) is 16.2 Å². The van der Waals surface area contributed by atoms with Gasteiger partial charge in [0.15, 0.2) is 11.6 Å². The number of pyridine rings is 1. The summed E-state index contributed by atoms with van der Waals surface area (Å²) in [6.45, 7) is 4.09. The molecule has 0 amide bonds. The number of anilines is 1. The molecular formula is C16H16N6O2S. The lowest BCUT2D eigenvalue weighted by Gasteiger charge is -2.34. The van der Waals surface area contributed by atoms with E-state index < -0.39 is 0 Å².